The summed E-state index contributed by atoms with van der Waals surface area (Å²) in [7, 11) is 0. The summed E-state index contributed by atoms with van der Waals surface area (Å²) in [6, 6.07) is 7.37. The fraction of sp³-hybridized carbons (Fsp3) is 0.556. The van der Waals surface area contributed by atoms with Crippen LogP contribution in [0.2, 0.25) is 0 Å². The van der Waals surface area contributed by atoms with Gasteiger partial charge in [0.1, 0.15) is 0 Å². The maximum atomic E-state index is 12.5. The molecule has 2 fully saturated rings. The Balaban J connectivity index is 1.55. The maximum Gasteiger partial charge on any atom is 0.248 e. The predicted molar refractivity (Wildman–Crippen MR) is 88.3 cm³/mol. The maximum absolute atomic E-state index is 12.5. The minimum Gasteiger partial charge on any atom is -0.390 e. The quantitative estimate of drug-likeness (QED) is 0.755. The normalized spacial score (nSPS) is 28.1. The molecule has 1 saturated carbocycles. The van der Waals surface area contributed by atoms with E-state index in [-0.39, 0.29) is 11.8 Å². The first kappa shape index (κ1) is 16.9. The molecule has 2 amide bonds. The average Bonchev–Trinajstić information content (AvgIpc) is 2.93. The van der Waals surface area contributed by atoms with Gasteiger partial charge in [0.2, 0.25) is 11.8 Å². The minimum absolute atomic E-state index is 0.0492. The number of hydrogen-bond donors (Lipinski definition) is 3. The summed E-state index contributed by atoms with van der Waals surface area (Å²) in [5.74, 6) is -0.270. The van der Waals surface area contributed by atoms with Gasteiger partial charge in [-0.1, -0.05) is 12.1 Å². The number of nitrogens with zero attached hydrogens (tertiary/aromatic N) is 1. The highest BCUT2D eigenvalue weighted by molar-refractivity contribution is 5.92. The van der Waals surface area contributed by atoms with Crippen LogP contribution >= 0.6 is 0 Å². The van der Waals surface area contributed by atoms with E-state index < -0.39 is 18.1 Å². The third kappa shape index (κ3) is 3.44. The summed E-state index contributed by atoms with van der Waals surface area (Å²) in [4.78, 5) is 25.5. The van der Waals surface area contributed by atoms with Crippen molar-refractivity contribution in [1.29, 1.82) is 0 Å². The van der Waals surface area contributed by atoms with Gasteiger partial charge in [0.05, 0.1) is 12.2 Å². The first-order valence-electron chi connectivity index (χ1n) is 8.50. The van der Waals surface area contributed by atoms with Crippen molar-refractivity contribution in [2.24, 2.45) is 11.7 Å². The standard InChI is InChI=1S/C18H24N2O4/c19-17(23)13-3-1-11(2-4-13)12-5-7-20(8-6-12)18(24)14-9-15(21)16(22)10-14/h1-4,12,14-16,21-22H,5-10H2,(H2,19,23). The van der Waals surface area contributed by atoms with Crippen molar-refractivity contribution in [2.45, 2.75) is 43.8 Å². The molecule has 6 heteroatoms. The topological polar surface area (TPSA) is 104 Å². The molecule has 2 unspecified atom stereocenters. The smallest absolute Gasteiger partial charge is 0.248 e. The molecule has 130 valence electrons. The van der Waals surface area contributed by atoms with E-state index >= 15 is 0 Å². The van der Waals surface area contributed by atoms with Crippen LogP contribution in [0.3, 0.4) is 0 Å². The van der Waals surface area contributed by atoms with Gasteiger partial charge >= 0.3 is 0 Å². The van der Waals surface area contributed by atoms with Crippen LogP contribution in [0.15, 0.2) is 24.3 Å². The number of hydrogen-bond acceptors (Lipinski definition) is 4. The van der Waals surface area contributed by atoms with E-state index in [4.69, 9.17) is 5.73 Å². The highest BCUT2D eigenvalue weighted by atomic mass is 16.3. The number of nitrogens with two attached hydrogens (primary N) is 1. The lowest BCUT2D eigenvalue weighted by molar-refractivity contribution is -0.136. The van der Waals surface area contributed by atoms with E-state index in [9.17, 15) is 19.8 Å². The summed E-state index contributed by atoms with van der Waals surface area (Å²) in [5, 5.41) is 19.2. The molecule has 0 bridgehead atoms. The van der Waals surface area contributed by atoms with E-state index in [1.807, 2.05) is 17.0 Å². The molecule has 2 atom stereocenters. The van der Waals surface area contributed by atoms with Crippen LogP contribution in [0, 0.1) is 5.92 Å². The number of rotatable bonds is 3. The Morgan fingerprint density at radius 1 is 1.00 bits per heavy atom. The molecule has 24 heavy (non-hydrogen) atoms. The Morgan fingerprint density at radius 3 is 2.04 bits per heavy atom. The number of aliphatic hydroxyl groups excluding tert-OH is 2. The van der Waals surface area contributed by atoms with Crippen molar-refractivity contribution >= 4 is 11.8 Å². The molecule has 1 aliphatic carbocycles. The van der Waals surface area contributed by atoms with Gasteiger partial charge in [-0.25, -0.2) is 0 Å². The van der Waals surface area contributed by atoms with Gasteiger partial charge in [0, 0.05) is 24.6 Å². The first-order chi connectivity index (χ1) is 11.5. The number of aliphatic hydroxyl groups is 2. The van der Waals surface area contributed by atoms with Crippen molar-refractivity contribution in [1.82, 2.24) is 4.90 Å². The molecule has 1 aromatic rings. The number of primary amides is 1. The Bertz CT molecular complexity index is 598. The zero-order chi connectivity index (χ0) is 17.3. The summed E-state index contributed by atoms with van der Waals surface area (Å²) < 4.78 is 0. The molecule has 6 nitrogen and oxygen atoms in total. The van der Waals surface area contributed by atoms with E-state index in [0.717, 1.165) is 12.8 Å². The Hall–Kier alpha value is -1.92. The lowest BCUT2D eigenvalue weighted by Crippen LogP contribution is -2.41. The molecule has 1 aliphatic heterocycles. The second-order valence-corrected chi connectivity index (χ2v) is 6.89. The van der Waals surface area contributed by atoms with Crippen molar-refractivity contribution in [2.75, 3.05) is 13.1 Å². The largest absolute Gasteiger partial charge is 0.390 e. The van der Waals surface area contributed by atoms with Crippen LogP contribution < -0.4 is 5.73 Å². The van der Waals surface area contributed by atoms with Crippen LogP contribution in [0.4, 0.5) is 0 Å². The summed E-state index contributed by atoms with van der Waals surface area (Å²) >= 11 is 0. The van der Waals surface area contributed by atoms with Crippen molar-refractivity contribution in [3.63, 3.8) is 0 Å². The summed E-state index contributed by atoms with van der Waals surface area (Å²) in [6.45, 7) is 1.37. The Kier molecular flexibility index (Phi) is 4.87. The van der Waals surface area contributed by atoms with Crippen LogP contribution in [0.1, 0.15) is 47.5 Å². The first-order valence-corrected chi connectivity index (χ1v) is 8.50. The lowest BCUT2D eigenvalue weighted by atomic mass is 9.88. The predicted octanol–water partition coefficient (Wildman–Crippen LogP) is 0.623. The van der Waals surface area contributed by atoms with Gasteiger partial charge < -0.3 is 20.8 Å². The highest BCUT2D eigenvalue weighted by Crippen LogP contribution is 2.32. The second kappa shape index (κ2) is 6.91. The van der Waals surface area contributed by atoms with Crippen LogP contribution in [-0.4, -0.2) is 52.2 Å². The van der Waals surface area contributed by atoms with Crippen LogP contribution in [0.5, 0.6) is 0 Å². The van der Waals surface area contributed by atoms with E-state index in [1.54, 1.807) is 12.1 Å². The van der Waals surface area contributed by atoms with Gasteiger partial charge in [-0.3, -0.25) is 9.59 Å². The molecule has 1 aromatic carbocycles. The molecule has 3 rings (SSSR count). The second-order valence-electron chi connectivity index (χ2n) is 6.89. The molecule has 1 saturated heterocycles. The third-order valence-electron chi connectivity index (χ3n) is 5.32. The zero-order valence-corrected chi connectivity index (χ0v) is 13.6. The average molecular weight is 332 g/mol. The molecular formula is C18H24N2O4. The fourth-order valence-corrected chi connectivity index (χ4v) is 3.81. The highest BCUT2D eigenvalue weighted by Gasteiger charge is 2.38. The number of benzene rings is 1. The van der Waals surface area contributed by atoms with Crippen molar-refractivity contribution in [3.8, 4) is 0 Å². The number of amides is 2. The lowest BCUT2D eigenvalue weighted by Gasteiger charge is -2.33. The van der Waals surface area contributed by atoms with Gasteiger partial charge in [0.15, 0.2) is 0 Å². The Morgan fingerprint density at radius 2 is 1.54 bits per heavy atom. The van der Waals surface area contributed by atoms with Gasteiger partial charge in [-0.05, 0) is 49.3 Å². The number of likely N-dealkylation sites (tertiary alicyclic amines) is 1. The SMILES string of the molecule is NC(=O)c1ccc(C2CCN(C(=O)C3CC(O)C(O)C3)CC2)cc1. The molecule has 0 spiro atoms. The number of carbonyl (C=O) groups excluding carboxylic acids is 2. The monoisotopic (exact) mass is 332 g/mol. The van der Waals surface area contributed by atoms with E-state index in [0.29, 0.717) is 37.4 Å². The summed E-state index contributed by atoms with van der Waals surface area (Å²) in [6.07, 6.45) is 0.905. The molecule has 0 radical (unpaired) electrons. The molecule has 0 aromatic heterocycles. The van der Waals surface area contributed by atoms with Crippen LogP contribution in [-0.2, 0) is 4.79 Å². The third-order valence-corrected chi connectivity index (χ3v) is 5.32. The van der Waals surface area contributed by atoms with E-state index in [2.05, 4.69) is 0 Å². The van der Waals surface area contributed by atoms with Gasteiger partial charge in [-0.2, -0.15) is 0 Å². The summed E-state index contributed by atoms with van der Waals surface area (Å²) in [5.41, 5.74) is 6.92. The fourth-order valence-electron chi connectivity index (χ4n) is 3.81. The number of carbonyl (C=O) groups is 2. The van der Waals surface area contributed by atoms with Crippen molar-refractivity contribution in [3.05, 3.63) is 35.4 Å². The van der Waals surface area contributed by atoms with Gasteiger partial charge in [0.25, 0.3) is 0 Å². The molecular weight excluding hydrogens is 308 g/mol. The zero-order valence-electron chi connectivity index (χ0n) is 13.6. The van der Waals surface area contributed by atoms with Gasteiger partial charge in [-0.15, -0.1) is 0 Å². The Labute approximate surface area is 141 Å². The van der Waals surface area contributed by atoms with E-state index in [1.165, 1.54) is 5.56 Å². The minimum atomic E-state index is -0.778. The van der Waals surface area contributed by atoms with Crippen molar-refractivity contribution < 1.29 is 19.8 Å². The molecule has 1 heterocycles. The molecule has 2 aliphatic rings. The van der Waals surface area contributed by atoms with Crippen LogP contribution in [0.25, 0.3) is 0 Å². The molecule has 4 N–H and O–H groups in total. The number of piperidine rings is 1.